The molecule has 1 amide bonds. The largest absolute Gasteiger partial charge is 0.382 e. The van der Waals surface area contributed by atoms with E-state index in [1.165, 1.54) is 4.68 Å². The molecule has 3 N–H and O–H groups in total. The average molecular weight is 336 g/mol. The molecule has 23 heavy (non-hydrogen) atoms. The molecule has 1 aliphatic heterocycles. The number of carbonyl (C=O) groups excluding carboxylic acids is 1. The van der Waals surface area contributed by atoms with Crippen LogP contribution in [0.5, 0.6) is 0 Å². The van der Waals surface area contributed by atoms with E-state index >= 15 is 0 Å². The van der Waals surface area contributed by atoms with Crippen LogP contribution in [0.3, 0.4) is 0 Å². The van der Waals surface area contributed by atoms with Gasteiger partial charge in [-0.2, -0.15) is 4.68 Å². The Morgan fingerprint density at radius 1 is 1.57 bits per heavy atom. The highest BCUT2D eigenvalue weighted by Crippen LogP contribution is 2.21. The number of ether oxygens (including phenoxy) is 1. The Morgan fingerprint density at radius 3 is 3.09 bits per heavy atom. The molecular weight excluding hydrogens is 318 g/mol. The van der Waals surface area contributed by atoms with Crippen LogP contribution in [0.25, 0.3) is 5.69 Å². The number of hydrogen-bond donors (Lipinski definition) is 2. The van der Waals surface area contributed by atoms with Gasteiger partial charge in [-0.3, -0.25) is 4.79 Å². The lowest BCUT2D eigenvalue weighted by Crippen LogP contribution is -2.32. The molecule has 2 heterocycles. The molecule has 0 radical (unpaired) electrons. The Morgan fingerprint density at radius 2 is 2.39 bits per heavy atom. The van der Waals surface area contributed by atoms with Gasteiger partial charge in [0.05, 0.1) is 11.8 Å². The zero-order valence-corrected chi connectivity index (χ0v) is 13.5. The number of nitrogens with one attached hydrogen (secondary N) is 1. The third-order valence-electron chi connectivity index (χ3n) is 3.83. The second kappa shape index (κ2) is 6.55. The summed E-state index contributed by atoms with van der Waals surface area (Å²) in [7, 11) is 0. The highest BCUT2D eigenvalue weighted by atomic mass is 35.5. The van der Waals surface area contributed by atoms with Gasteiger partial charge in [-0.05, 0) is 37.5 Å². The van der Waals surface area contributed by atoms with Gasteiger partial charge in [0.1, 0.15) is 0 Å². The monoisotopic (exact) mass is 335 g/mol. The number of aromatic nitrogens is 3. The molecule has 0 unspecified atom stereocenters. The number of benzene rings is 1. The summed E-state index contributed by atoms with van der Waals surface area (Å²) in [4.78, 5) is 12.2. The molecule has 0 bridgehead atoms. The van der Waals surface area contributed by atoms with Gasteiger partial charge in [0, 0.05) is 18.2 Å². The quantitative estimate of drug-likeness (QED) is 0.887. The Kier molecular flexibility index (Phi) is 4.49. The first-order valence-corrected chi connectivity index (χ1v) is 7.81. The Bertz CT molecular complexity index is 725. The van der Waals surface area contributed by atoms with Gasteiger partial charge < -0.3 is 15.8 Å². The van der Waals surface area contributed by atoms with Crippen LogP contribution in [0.15, 0.2) is 18.2 Å². The van der Waals surface area contributed by atoms with E-state index in [0.717, 1.165) is 25.0 Å². The third-order valence-corrected chi connectivity index (χ3v) is 4.24. The fourth-order valence-electron chi connectivity index (χ4n) is 2.45. The highest BCUT2D eigenvalue weighted by molar-refractivity contribution is 6.31. The maximum atomic E-state index is 12.2. The molecule has 1 aliphatic rings. The van der Waals surface area contributed by atoms with Crippen LogP contribution in [0, 0.1) is 6.92 Å². The van der Waals surface area contributed by atoms with Crippen LogP contribution < -0.4 is 11.1 Å². The average Bonchev–Trinajstić information content (AvgIpc) is 3.17. The van der Waals surface area contributed by atoms with Gasteiger partial charge in [0.15, 0.2) is 11.5 Å². The van der Waals surface area contributed by atoms with Crippen LogP contribution in [-0.4, -0.2) is 40.2 Å². The molecule has 7 nitrogen and oxygen atoms in total. The van der Waals surface area contributed by atoms with E-state index in [2.05, 4.69) is 15.6 Å². The van der Waals surface area contributed by atoms with E-state index in [-0.39, 0.29) is 23.5 Å². The molecule has 0 saturated carbocycles. The molecule has 1 aromatic carbocycles. The maximum Gasteiger partial charge on any atom is 0.275 e. The van der Waals surface area contributed by atoms with Crippen molar-refractivity contribution in [1.82, 2.24) is 20.3 Å². The molecule has 1 atom stereocenters. The normalized spacial score (nSPS) is 17.4. The number of aryl methyl sites for hydroxylation is 1. The first-order valence-electron chi connectivity index (χ1n) is 7.44. The lowest BCUT2D eigenvalue weighted by molar-refractivity contribution is 0.0854. The number of nitrogens with two attached hydrogens (primary N) is 1. The predicted molar refractivity (Wildman–Crippen MR) is 86.8 cm³/mol. The molecule has 1 saturated heterocycles. The van der Waals surface area contributed by atoms with Crippen LogP contribution >= 0.6 is 11.6 Å². The first kappa shape index (κ1) is 15.8. The fourth-order valence-corrected chi connectivity index (χ4v) is 2.63. The summed E-state index contributed by atoms with van der Waals surface area (Å²) >= 11 is 6.11. The van der Waals surface area contributed by atoms with Crippen molar-refractivity contribution in [2.45, 2.75) is 25.9 Å². The zero-order valence-electron chi connectivity index (χ0n) is 12.8. The Labute approximate surface area is 138 Å². The lowest BCUT2D eigenvalue weighted by Gasteiger charge is -2.10. The number of hydrogen-bond acceptors (Lipinski definition) is 5. The summed E-state index contributed by atoms with van der Waals surface area (Å²) in [5, 5.41) is 11.2. The van der Waals surface area contributed by atoms with Crippen molar-refractivity contribution >= 4 is 23.3 Å². The maximum absolute atomic E-state index is 12.2. The van der Waals surface area contributed by atoms with Crippen molar-refractivity contribution in [1.29, 1.82) is 0 Å². The summed E-state index contributed by atoms with van der Waals surface area (Å²) < 4.78 is 6.86. The second-order valence-corrected chi connectivity index (χ2v) is 5.92. The van der Waals surface area contributed by atoms with E-state index in [1.807, 2.05) is 19.1 Å². The fraction of sp³-hybridized carbons (Fsp3) is 0.400. The minimum atomic E-state index is -0.359. The second-order valence-electron chi connectivity index (χ2n) is 5.51. The minimum Gasteiger partial charge on any atom is -0.382 e. The van der Waals surface area contributed by atoms with Crippen LogP contribution in [0.1, 0.15) is 28.9 Å². The van der Waals surface area contributed by atoms with Gasteiger partial charge in [-0.15, -0.1) is 5.10 Å². The SMILES string of the molecule is Cc1ccc(-n2nnc(C(=O)NC[C@H]3CCCO3)c2N)cc1Cl. The van der Waals surface area contributed by atoms with Crippen molar-refractivity contribution < 1.29 is 9.53 Å². The molecule has 3 rings (SSSR count). The number of halogens is 1. The number of anilines is 1. The van der Waals surface area contributed by atoms with Gasteiger partial charge in [0.2, 0.25) is 0 Å². The molecule has 122 valence electrons. The van der Waals surface area contributed by atoms with Crippen LogP contribution in [0.4, 0.5) is 5.82 Å². The van der Waals surface area contributed by atoms with E-state index in [9.17, 15) is 4.79 Å². The summed E-state index contributed by atoms with van der Waals surface area (Å²) in [5.74, 6) is -0.183. The van der Waals surface area contributed by atoms with Crippen molar-refractivity contribution in [2.75, 3.05) is 18.9 Å². The minimum absolute atomic E-state index is 0.0612. The number of carbonyl (C=O) groups is 1. The Hall–Kier alpha value is -2.12. The van der Waals surface area contributed by atoms with Crippen molar-refractivity contribution in [3.05, 3.63) is 34.5 Å². The van der Waals surface area contributed by atoms with E-state index in [1.54, 1.807) is 6.07 Å². The summed E-state index contributed by atoms with van der Waals surface area (Å²) in [6.45, 7) is 3.09. The summed E-state index contributed by atoms with van der Waals surface area (Å²) in [6, 6.07) is 5.41. The van der Waals surface area contributed by atoms with Crippen LogP contribution in [-0.2, 0) is 4.74 Å². The summed E-state index contributed by atoms with van der Waals surface area (Å²) in [6.07, 6.45) is 2.03. The van der Waals surface area contributed by atoms with Crippen molar-refractivity contribution in [3.8, 4) is 5.69 Å². The Balaban J connectivity index is 1.75. The van der Waals surface area contributed by atoms with E-state index in [4.69, 9.17) is 22.1 Å². The van der Waals surface area contributed by atoms with E-state index in [0.29, 0.717) is 17.3 Å². The van der Waals surface area contributed by atoms with Gasteiger partial charge in [-0.1, -0.05) is 22.9 Å². The van der Waals surface area contributed by atoms with Gasteiger partial charge in [0.25, 0.3) is 5.91 Å². The molecule has 1 fully saturated rings. The number of nitrogen functional groups attached to an aromatic ring is 1. The molecular formula is C15H18ClN5O2. The van der Waals surface area contributed by atoms with Gasteiger partial charge >= 0.3 is 0 Å². The topological polar surface area (TPSA) is 95.1 Å². The smallest absolute Gasteiger partial charge is 0.275 e. The predicted octanol–water partition coefficient (Wildman–Crippen LogP) is 1.72. The molecule has 8 heteroatoms. The highest BCUT2D eigenvalue weighted by Gasteiger charge is 2.21. The third kappa shape index (κ3) is 3.30. The molecule has 1 aromatic heterocycles. The van der Waals surface area contributed by atoms with Crippen molar-refractivity contribution in [3.63, 3.8) is 0 Å². The molecule has 0 aliphatic carbocycles. The molecule has 0 spiro atoms. The lowest BCUT2D eigenvalue weighted by atomic mass is 10.2. The number of nitrogens with zero attached hydrogens (tertiary/aromatic N) is 3. The summed E-state index contributed by atoms with van der Waals surface area (Å²) in [5.41, 5.74) is 7.71. The number of amides is 1. The number of rotatable bonds is 4. The standard InChI is InChI=1S/C15H18ClN5O2/c1-9-4-5-10(7-12(9)16)21-14(17)13(19-20-21)15(22)18-8-11-3-2-6-23-11/h4-5,7,11H,2-3,6,8,17H2,1H3,(H,18,22)/t11-/m1/s1. The zero-order chi connectivity index (χ0) is 16.4. The van der Waals surface area contributed by atoms with Crippen LogP contribution in [0.2, 0.25) is 5.02 Å². The first-order chi connectivity index (χ1) is 11.1. The van der Waals surface area contributed by atoms with Crippen molar-refractivity contribution in [2.24, 2.45) is 0 Å². The van der Waals surface area contributed by atoms with Gasteiger partial charge in [-0.25, -0.2) is 0 Å². The molecule has 2 aromatic rings. The van der Waals surface area contributed by atoms with E-state index < -0.39 is 0 Å².